The van der Waals surface area contributed by atoms with E-state index in [0.717, 1.165) is 31.5 Å². The first kappa shape index (κ1) is 34.8. The lowest BCUT2D eigenvalue weighted by Gasteiger charge is -2.51. The van der Waals surface area contributed by atoms with Gasteiger partial charge < -0.3 is 25.2 Å². The largest absolute Gasteiger partial charge is 0.462 e. The summed E-state index contributed by atoms with van der Waals surface area (Å²) in [5.74, 6) is -2.86. The molecule has 0 saturated carbocycles. The number of pyridine rings is 2. The number of aromatic nitrogens is 4. The van der Waals surface area contributed by atoms with Crippen LogP contribution >= 0.6 is 11.6 Å². The number of carbonyl (C=O) groups excluding carboxylic acids is 1. The number of aryl methyl sites for hydroxylation is 1. The summed E-state index contributed by atoms with van der Waals surface area (Å²) in [6, 6.07) is 6.46. The van der Waals surface area contributed by atoms with Crippen LogP contribution in [0.2, 0.25) is 5.02 Å². The van der Waals surface area contributed by atoms with E-state index < -0.39 is 46.6 Å². The highest BCUT2D eigenvalue weighted by atomic mass is 35.5. The molecule has 4 aliphatic heterocycles. The maximum Gasteiger partial charge on any atom is 0.418 e. The summed E-state index contributed by atoms with van der Waals surface area (Å²) in [5.41, 5.74) is 3.05. The maximum absolute atomic E-state index is 16.8. The third kappa shape index (κ3) is 6.64. The van der Waals surface area contributed by atoms with Crippen molar-refractivity contribution in [3.63, 3.8) is 0 Å². The van der Waals surface area contributed by atoms with E-state index in [1.54, 1.807) is 18.2 Å². The number of amides is 1. The number of carbonyl (C=O) groups is 1. The summed E-state index contributed by atoms with van der Waals surface area (Å²) >= 11 is 6.62. The van der Waals surface area contributed by atoms with Crippen molar-refractivity contribution in [2.24, 2.45) is 0 Å². The van der Waals surface area contributed by atoms with Crippen molar-refractivity contribution in [2.45, 2.75) is 56.9 Å². The van der Waals surface area contributed by atoms with E-state index in [1.165, 1.54) is 24.1 Å². The molecule has 7 heterocycles. The molecule has 4 aliphatic rings. The van der Waals surface area contributed by atoms with Crippen molar-refractivity contribution >= 4 is 46.1 Å². The minimum absolute atomic E-state index is 0.0618. The van der Waals surface area contributed by atoms with Gasteiger partial charge in [-0.2, -0.15) is 23.1 Å². The van der Waals surface area contributed by atoms with Crippen LogP contribution in [-0.4, -0.2) is 87.1 Å². The Balaban J connectivity index is 1.30. The Morgan fingerprint density at radius 3 is 2.57 bits per heavy atom. The van der Waals surface area contributed by atoms with Gasteiger partial charge in [-0.15, -0.1) is 0 Å². The van der Waals surface area contributed by atoms with Gasteiger partial charge in [-0.25, -0.2) is 13.8 Å². The molecule has 2 unspecified atom stereocenters. The van der Waals surface area contributed by atoms with Gasteiger partial charge in [-0.05, 0) is 76.0 Å². The highest BCUT2D eigenvalue weighted by molar-refractivity contribution is 6.34. The molecule has 8 rings (SSSR count). The minimum Gasteiger partial charge on any atom is -0.462 e. The molecule has 1 aromatic carbocycles. The molecular weight excluding hydrogens is 695 g/mol. The van der Waals surface area contributed by atoms with E-state index in [0.29, 0.717) is 18.5 Å². The van der Waals surface area contributed by atoms with Crippen molar-refractivity contribution in [3.8, 4) is 17.3 Å². The topological polar surface area (TPSA) is 114 Å². The van der Waals surface area contributed by atoms with Crippen LogP contribution in [0.4, 0.5) is 33.6 Å². The van der Waals surface area contributed by atoms with Gasteiger partial charge in [-0.1, -0.05) is 17.7 Å². The predicted molar refractivity (Wildman–Crippen MR) is 182 cm³/mol. The molecule has 0 radical (unpaired) electrons. The first-order valence-corrected chi connectivity index (χ1v) is 16.9. The summed E-state index contributed by atoms with van der Waals surface area (Å²) in [6.45, 7) is 2.67. The lowest BCUT2D eigenvalue weighted by molar-refractivity contribution is -0.137. The second-order valence-corrected chi connectivity index (χ2v) is 13.6. The first-order valence-electron chi connectivity index (χ1n) is 16.5. The Hall–Kier alpha value is -4.63. The number of likely N-dealkylation sites (N-methyl/N-ethyl adjacent to an activating group) is 1. The van der Waals surface area contributed by atoms with Gasteiger partial charge in [0, 0.05) is 48.9 Å². The number of piperidine rings is 2. The molecule has 4 fully saturated rings. The molecule has 3 aromatic heterocycles. The molecule has 0 spiro atoms. The fourth-order valence-corrected chi connectivity index (χ4v) is 7.67. The van der Waals surface area contributed by atoms with Gasteiger partial charge in [0.2, 0.25) is 0 Å². The smallest absolute Gasteiger partial charge is 0.418 e. The van der Waals surface area contributed by atoms with Crippen LogP contribution in [0.3, 0.4) is 0 Å². The number of fused-ring (bicyclic) bond motifs is 4. The van der Waals surface area contributed by atoms with Crippen LogP contribution in [0.15, 0.2) is 42.4 Å². The Bertz CT molecular complexity index is 2030. The summed E-state index contributed by atoms with van der Waals surface area (Å²) < 4.78 is 81.0. The molecule has 3 atom stereocenters. The number of benzene rings is 1. The van der Waals surface area contributed by atoms with Crippen molar-refractivity contribution in [1.82, 2.24) is 29.7 Å². The quantitative estimate of drug-likeness (QED) is 0.169. The van der Waals surface area contributed by atoms with E-state index in [4.69, 9.17) is 27.1 Å². The van der Waals surface area contributed by atoms with E-state index in [1.807, 2.05) is 11.9 Å². The molecule has 268 valence electrons. The standard InChI is InChI=1S/C35H34ClF5N8O2/c1-18-12-26(42)44-31(28(18)35(39,40)41)27-24(36)14-23-30(29(27)38)45-34(51-17-22-7-5-11-47(22)2)46-32(23)48-15-21-9-8-20(48)16-49(21)33(50)25(37)13-19-6-3-4-10-43-19/h3-4,6,10,12-14,20-22H,5,7-9,11,15-17H2,1-2H3,(H2,42,44)/b25-13-/t20?,21?,22-/m0/s1. The zero-order valence-electron chi connectivity index (χ0n) is 27.7. The van der Waals surface area contributed by atoms with E-state index in [9.17, 15) is 18.0 Å². The molecule has 16 heteroatoms. The number of anilines is 2. The van der Waals surface area contributed by atoms with Crippen LogP contribution in [0.25, 0.3) is 28.2 Å². The average Bonchev–Trinajstić information content (AvgIpc) is 3.50. The van der Waals surface area contributed by atoms with Gasteiger partial charge in [0.1, 0.15) is 23.8 Å². The third-order valence-corrected chi connectivity index (χ3v) is 10.2. The number of alkyl halides is 3. The van der Waals surface area contributed by atoms with E-state index in [-0.39, 0.29) is 70.9 Å². The molecular formula is C35H34ClF5N8O2. The van der Waals surface area contributed by atoms with Crippen LogP contribution < -0.4 is 15.4 Å². The second kappa shape index (κ2) is 13.5. The van der Waals surface area contributed by atoms with Crippen LogP contribution in [-0.2, 0) is 11.0 Å². The van der Waals surface area contributed by atoms with E-state index in [2.05, 4.69) is 19.9 Å². The number of likely N-dealkylation sites (tertiary alicyclic amines) is 1. The number of piperazine rings is 1. The number of hydrogen-bond donors (Lipinski definition) is 1. The summed E-state index contributed by atoms with van der Waals surface area (Å²) in [7, 11) is 1.96. The first-order chi connectivity index (χ1) is 24.3. The number of hydrogen-bond acceptors (Lipinski definition) is 9. The van der Waals surface area contributed by atoms with Crippen molar-refractivity contribution in [1.29, 1.82) is 0 Å². The van der Waals surface area contributed by atoms with E-state index >= 15 is 8.78 Å². The summed E-state index contributed by atoms with van der Waals surface area (Å²) in [5, 5.41) is -0.220. The van der Waals surface area contributed by atoms with Crippen LogP contribution in [0, 0.1) is 12.7 Å². The molecule has 2 bridgehead atoms. The zero-order valence-corrected chi connectivity index (χ0v) is 28.5. The Morgan fingerprint density at radius 1 is 1.12 bits per heavy atom. The van der Waals surface area contributed by atoms with Gasteiger partial charge in [0.25, 0.3) is 5.91 Å². The molecule has 0 aliphatic carbocycles. The molecule has 2 N–H and O–H groups in total. The number of nitrogens with two attached hydrogens (primary N) is 1. The lowest BCUT2D eigenvalue weighted by Crippen LogP contribution is -2.64. The normalized spacial score (nSPS) is 21.2. The van der Waals surface area contributed by atoms with Gasteiger partial charge >= 0.3 is 12.2 Å². The third-order valence-electron chi connectivity index (χ3n) is 9.90. The number of rotatable bonds is 7. The second-order valence-electron chi connectivity index (χ2n) is 13.2. The fraction of sp³-hybridized carbons (Fsp3) is 0.400. The van der Waals surface area contributed by atoms with Crippen LogP contribution in [0.1, 0.15) is 42.5 Å². The maximum atomic E-state index is 16.8. The Kier molecular flexibility index (Phi) is 9.21. The zero-order chi connectivity index (χ0) is 36.2. The molecule has 51 heavy (non-hydrogen) atoms. The highest BCUT2D eigenvalue weighted by Crippen LogP contribution is 2.45. The van der Waals surface area contributed by atoms with Crippen molar-refractivity contribution < 1.29 is 31.5 Å². The average molecular weight is 729 g/mol. The summed E-state index contributed by atoms with van der Waals surface area (Å²) in [6.07, 6.45) is 0.745. The summed E-state index contributed by atoms with van der Waals surface area (Å²) in [4.78, 5) is 35.8. The molecule has 1 amide bonds. The monoisotopic (exact) mass is 728 g/mol. The number of nitrogen functional groups attached to an aromatic ring is 1. The van der Waals surface area contributed by atoms with Crippen molar-refractivity contribution in [3.05, 3.63) is 70.0 Å². The Morgan fingerprint density at radius 2 is 1.90 bits per heavy atom. The SMILES string of the molecule is Cc1cc(N)nc(-c2c(Cl)cc3c(N4CC5CCC4CN5C(=O)/C(F)=C/c4ccccn4)nc(OC[C@@H]4CCCN4C)nc3c2F)c1C(F)(F)F. The van der Waals surface area contributed by atoms with Gasteiger partial charge in [0.15, 0.2) is 11.6 Å². The van der Waals surface area contributed by atoms with Gasteiger partial charge in [-0.3, -0.25) is 9.78 Å². The minimum atomic E-state index is -4.90. The van der Waals surface area contributed by atoms with Crippen LogP contribution in [0.5, 0.6) is 6.01 Å². The molecule has 10 nitrogen and oxygen atoms in total. The number of nitrogens with zero attached hydrogens (tertiary/aromatic N) is 7. The van der Waals surface area contributed by atoms with Gasteiger partial charge in [0.05, 0.1) is 27.5 Å². The molecule has 4 saturated heterocycles. The molecule has 4 aromatic rings. The fourth-order valence-electron chi connectivity index (χ4n) is 7.38. The number of halogens is 6. The van der Waals surface area contributed by atoms with Crippen molar-refractivity contribution in [2.75, 3.05) is 43.9 Å². The highest BCUT2D eigenvalue weighted by Gasteiger charge is 2.44. The number of ether oxygens (including phenoxy) is 1. The predicted octanol–water partition coefficient (Wildman–Crippen LogP) is 6.45. The lowest BCUT2D eigenvalue weighted by atomic mass is 9.90. The Labute approximate surface area is 295 Å².